The lowest BCUT2D eigenvalue weighted by atomic mass is 9.88. The highest BCUT2D eigenvalue weighted by atomic mass is 35.5. The number of benzene rings is 2. The molecule has 6 nitrogen and oxygen atoms in total. The third-order valence-corrected chi connectivity index (χ3v) is 5.31. The van der Waals surface area contributed by atoms with Crippen molar-refractivity contribution in [2.75, 3.05) is 0 Å². The van der Waals surface area contributed by atoms with E-state index in [0.29, 0.717) is 5.56 Å². The van der Waals surface area contributed by atoms with Gasteiger partial charge in [0.05, 0.1) is 6.54 Å². The van der Waals surface area contributed by atoms with E-state index < -0.39 is 23.0 Å². The molecule has 1 aliphatic rings. The SMILES string of the molecule is O=C1NC(=O)C(Cn2cccc(Cl)c2=O)(c2ccc(Cc3ccccc3)cc2)N1. The third kappa shape index (κ3) is 3.67. The lowest BCUT2D eigenvalue weighted by molar-refractivity contribution is -0.124. The number of aromatic nitrogens is 1. The molecule has 0 radical (unpaired) electrons. The van der Waals surface area contributed by atoms with E-state index in [9.17, 15) is 14.4 Å². The summed E-state index contributed by atoms with van der Waals surface area (Å²) in [5.74, 6) is -0.509. The Hall–Kier alpha value is -3.38. The van der Waals surface area contributed by atoms with Gasteiger partial charge >= 0.3 is 6.03 Å². The molecule has 2 N–H and O–H groups in total. The molecule has 1 aromatic heterocycles. The number of hydrogen-bond acceptors (Lipinski definition) is 3. The number of pyridine rings is 1. The van der Waals surface area contributed by atoms with Gasteiger partial charge in [0.15, 0.2) is 5.54 Å². The summed E-state index contributed by atoms with van der Waals surface area (Å²) in [5, 5.41) is 5.02. The van der Waals surface area contributed by atoms with Crippen molar-refractivity contribution in [3.63, 3.8) is 0 Å². The minimum Gasteiger partial charge on any atom is -0.318 e. The molecule has 1 fully saturated rings. The summed E-state index contributed by atoms with van der Waals surface area (Å²) in [5.41, 5.74) is 1.01. The van der Waals surface area contributed by atoms with E-state index in [1.54, 1.807) is 18.2 Å². The predicted octanol–water partition coefficient (Wildman–Crippen LogP) is 2.83. The maximum Gasteiger partial charge on any atom is 0.322 e. The van der Waals surface area contributed by atoms with Gasteiger partial charge in [-0.3, -0.25) is 14.9 Å². The quantitative estimate of drug-likeness (QED) is 0.638. The minimum atomic E-state index is -1.39. The average Bonchev–Trinajstić information content (AvgIpc) is 3.01. The van der Waals surface area contributed by atoms with Crippen molar-refractivity contribution < 1.29 is 9.59 Å². The van der Waals surface area contributed by atoms with E-state index in [1.165, 1.54) is 22.4 Å². The molecule has 2 aromatic carbocycles. The first-order valence-corrected chi connectivity index (χ1v) is 9.48. The molecule has 0 bridgehead atoms. The third-order valence-electron chi connectivity index (χ3n) is 5.02. The van der Waals surface area contributed by atoms with Crippen LogP contribution < -0.4 is 16.2 Å². The molecule has 1 saturated heterocycles. The fraction of sp³-hybridized carbons (Fsp3) is 0.136. The Morgan fingerprint density at radius 2 is 1.55 bits per heavy atom. The van der Waals surface area contributed by atoms with Gasteiger partial charge < -0.3 is 9.88 Å². The zero-order valence-corrected chi connectivity index (χ0v) is 16.1. The molecule has 0 aliphatic carbocycles. The maximum absolute atomic E-state index is 12.7. The number of nitrogens with one attached hydrogen (secondary N) is 2. The van der Waals surface area contributed by atoms with Crippen LogP contribution >= 0.6 is 11.6 Å². The highest BCUT2D eigenvalue weighted by Gasteiger charge is 2.48. The van der Waals surface area contributed by atoms with E-state index in [-0.39, 0.29) is 11.6 Å². The summed E-state index contributed by atoms with van der Waals surface area (Å²) >= 11 is 5.93. The number of urea groups is 1. The number of nitrogens with zero attached hydrogens (tertiary/aromatic N) is 1. The van der Waals surface area contributed by atoms with Crippen molar-refractivity contribution in [2.24, 2.45) is 0 Å². The second kappa shape index (κ2) is 7.56. The average molecular weight is 408 g/mol. The number of carbonyl (C=O) groups is 2. The largest absolute Gasteiger partial charge is 0.322 e. The number of carbonyl (C=O) groups excluding carboxylic acids is 2. The summed E-state index contributed by atoms with van der Waals surface area (Å²) in [6.07, 6.45) is 2.29. The maximum atomic E-state index is 12.7. The lowest BCUT2D eigenvalue weighted by Crippen LogP contribution is -2.49. The summed E-state index contributed by atoms with van der Waals surface area (Å²) in [6.45, 7) is -0.0675. The molecule has 3 amide bonds. The normalized spacial score (nSPS) is 18.4. The molecule has 2 heterocycles. The van der Waals surface area contributed by atoms with Gasteiger partial charge in [0.1, 0.15) is 5.02 Å². The van der Waals surface area contributed by atoms with Gasteiger partial charge in [0.2, 0.25) is 0 Å². The molecule has 1 unspecified atom stereocenters. The van der Waals surface area contributed by atoms with Crippen LogP contribution in [0.1, 0.15) is 16.7 Å². The van der Waals surface area contributed by atoms with Gasteiger partial charge in [-0.05, 0) is 35.2 Å². The molecular formula is C22H18ClN3O3. The lowest BCUT2D eigenvalue weighted by Gasteiger charge is -2.27. The second-order valence-corrected chi connectivity index (χ2v) is 7.37. The number of hydrogen-bond donors (Lipinski definition) is 2. The Labute approximate surface area is 172 Å². The minimum absolute atomic E-state index is 0.0468. The molecule has 0 spiro atoms. The molecule has 146 valence electrons. The zero-order chi connectivity index (χ0) is 20.4. The molecule has 4 rings (SSSR count). The van der Waals surface area contributed by atoms with Gasteiger partial charge in [-0.25, -0.2) is 4.79 Å². The van der Waals surface area contributed by atoms with Crippen molar-refractivity contribution in [1.82, 2.24) is 15.2 Å². The van der Waals surface area contributed by atoms with Crippen LogP contribution in [0.25, 0.3) is 0 Å². The molecule has 7 heteroatoms. The fourth-order valence-electron chi connectivity index (χ4n) is 3.52. The first-order valence-electron chi connectivity index (χ1n) is 9.10. The van der Waals surface area contributed by atoms with Crippen LogP contribution in [0, 0.1) is 0 Å². The van der Waals surface area contributed by atoms with Gasteiger partial charge in [-0.1, -0.05) is 66.2 Å². The Morgan fingerprint density at radius 3 is 2.21 bits per heavy atom. The van der Waals surface area contributed by atoms with Gasteiger partial charge in [0.25, 0.3) is 11.5 Å². The van der Waals surface area contributed by atoms with Crippen LogP contribution in [0.3, 0.4) is 0 Å². The zero-order valence-electron chi connectivity index (χ0n) is 15.4. The molecule has 1 aliphatic heterocycles. The van der Waals surface area contributed by atoms with Gasteiger partial charge in [-0.2, -0.15) is 0 Å². The van der Waals surface area contributed by atoms with Crippen molar-refractivity contribution in [3.8, 4) is 0 Å². The van der Waals surface area contributed by atoms with Crippen LogP contribution in [0.4, 0.5) is 4.79 Å². The Balaban J connectivity index is 1.69. The number of amides is 3. The van der Waals surface area contributed by atoms with Crippen molar-refractivity contribution in [3.05, 3.63) is 105 Å². The number of rotatable bonds is 5. The Kier molecular flexibility index (Phi) is 4.94. The highest BCUT2D eigenvalue weighted by Crippen LogP contribution is 2.28. The van der Waals surface area contributed by atoms with Gasteiger partial charge in [0, 0.05) is 6.20 Å². The van der Waals surface area contributed by atoms with E-state index in [0.717, 1.165) is 12.0 Å². The van der Waals surface area contributed by atoms with Crippen LogP contribution in [-0.4, -0.2) is 16.5 Å². The standard InChI is InChI=1S/C22H18ClN3O3/c23-18-7-4-12-26(19(18)27)14-22(20(28)24-21(29)25-22)17-10-8-16(9-11-17)13-15-5-2-1-3-6-15/h1-12H,13-14H2,(H2,24,25,28,29). The van der Waals surface area contributed by atoms with E-state index >= 15 is 0 Å². The van der Waals surface area contributed by atoms with E-state index in [2.05, 4.69) is 10.6 Å². The number of halogens is 1. The molecule has 3 aromatic rings. The summed E-state index contributed by atoms with van der Waals surface area (Å²) in [6, 6.07) is 20.0. The summed E-state index contributed by atoms with van der Waals surface area (Å²) in [7, 11) is 0. The Morgan fingerprint density at radius 1 is 0.862 bits per heavy atom. The number of imide groups is 1. The van der Waals surface area contributed by atoms with Gasteiger partial charge in [-0.15, -0.1) is 0 Å². The first kappa shape index (κ1) is 19.0. The topological polar surface area (TPSA) is 80.2 Å². The summed E-state index contributed by atoms with van der Waals surface area (Å²) < 4.78 is 1.32. The van der Waals surface area contributed by atoms with Crippen LogP contribution in [0.2, 0.25) is 5.02 Å². The van der Waals surface area contributed by atoms with Crippen LogP contribution in [-0.2, 0) is 23.3 Å². The Bertz CT molecular complexity index is 1130. The van der Waals surface area contributed by atoms with Crippen molar-refractivity contribution >= 4 is 23.5 Å². The van der Waals surface area contributed by atoms with Crippen LogP contribution in [0.5, 0.6) is 0 Å². The monoisotopic (exact) mass is 407 g/mol. The molecule has 1 atom stereocenters. The van der Waals surface area contributed by atoms with Crippen molar-refractivity contribution in [1.29, 1.82) is 0 Å². The molecule has 29 heavy (non-hydrogen) atoms. The van der Waals surface area contributed by atoms with Crippen molar-refractivity contribution in [2.45, 2.75) is 18.5 Å². The smallest absolute Gasteiger partial charge is 0.318 e. The second-order valence-electron chi connectivity index (χ2n) is 6.96. The summed E-state index contributed by atoms with van der Waals surface area (Å²) in [4.78, 5) is 37.0. The molecule has 0 saturated carbocycles. The first-order chi connectivity index (χ1) is 14.0. The van der Waals surface area contributed by atoms with E-state index in [1.807, 2.05) is 42.5 Å². The molecular weight excluding hydrogens is 390 g/mol. The van der Waals surface area contributed by atoms with E-state index in [4.69, 9.17) is 11.6 Å². The predicted molar refractivity (Wildman–Crippen MR) is 110 cm³/mol. The van der Waals surface area contributed by atoms with Crippen LogP contribution in [0.15, 0.2) is 77.7 Å². The fourth-order valence-corrected chi connectivity index (χ4v) is 3.71. The highest BCUT2D eigenvalue weighted by molar-refractivity contribution is 6.30.